The number of carbonyl (C=O) groups excluding carboxylic acids is 3. The molecule has 0 spiro atoms. The Hall–Kier alpha value is -4.31. The van der Waals surface area contributed by atoms with Gasteiger partial charge in [0.15, 0.2) is 6.10 Å². The van der Waals surface area contributed by atoms with Crippen LogP contribution in [0.2, 0.25) is 0 Å². The van der Waals surface area contributed by atoms with Gasteiger partial charge < -0.3 is 34.2 Å². The second-order valence-corrected chi connectivity index (χ2v) is 27.6. The van der Waals surface area contributed by atoms with Crippen LogP contribution in [0.3, 0.4) is 0 Å². The Kier molecular flexibility index (Phi) is 68.3. The maximum Gasteiger partial charge on any atom is 0.472 e. The van der Waals surface area contributed by atoms with E-state index in [0.717, 1.165) is 193 Å². The van der Waals surface area contributed by atoms with Gasteiger partial charge >= 0.3 is 33.6 Å². The van der Waals surface area contributed by atoms with Crippen molar-refractivity contribution in [3.05, 3.63) is 134 Å². The van der Waals surface area contributed by atoms with Gasteiger partial charge in [-0.15, -0.1) is 0 Å². The predicted molar refractivity (Wildman–Crippen MR) is 399 cm³/mol. The maximum atomic E-state index is 13.0. The molecule has 0 heterocycles. The largest absolute Gasteiger partial charge is 0.472 e. The highest BCUT2D eigenvalue weighted by Gasteiger charge is 2.29. The highest BCUT2D eigenvalue weighted by molar-refractivity contribution is 7.47. The molecule has 5 unspecified atom stereocenters. The van der Waals surface area contributed by atoms with Crippen molar-refractivity contribution in [2.45, 2.75) is 309 Å². The number of hydrogen-bond donors (Lipinski definition) is 4. The van der Waals surface area contributed by atoms with Crippen molar-refractivity contribution in [3.63, 3.8) is 0 Å². The summed E-state index contributed by atoms with van der Waals surface area (Å²) in [6, 6.07) is 0. The molecular weight excluding hydrogens is 1270 g/mol. The topological polar surface area (TPSA) is 231 Å². The fraction of sp³-hybridized carbons (Fsp3) is 0.684. The lowest BCUT2D eigenvalue weighted by Gasteiger charge is -2.21. The van der Waals surface area contributed by atoms with E-state index in [0.29, 0.717) is 19.3 Å². The number of hydrogen-bond acceptors (Lipinski definition) is 14. The zero-order chi connectivity index (χ0) is 70.9. The van der Waals surface area contributed by atoms with Crippen LogP contribution in [-0.4, -0.2) is 95.9 Å². The molecule has 0 rings (SSSR count). The Labute approximate surface area is 588 Å². The van der Waals surface area contributed by atoms with Gasteiger partial charge in [0.2, 0.25) is 0 Å². The molecule has 0 aromatic carbocycles. The molecule has 16 nitrogen and oxygen atoms in total. The van der Waals surface area contributed by atoms with Gasteiger partial charge in [-0.25, -0.2) is 9.13 Å². The fourth-order valence-electron chi connectivity index (χ4n) is 9.68. The van der Waals surface area contributed by atoms with Gasteiger partial charge in [-0.1, -0.05) is 270 Å². The van der Waals surface area contributed by atoms with Gasteiger partial charge in [0.05, 0.1) is 26.4 Å². The molecule has 0 aliphatic rings. The van der Waals surface area contributed by atoms with Gasteiger partial charge in [0, 0.05) is 19.3 Å². The predicted octanol–water partition coefficient (Wildman–Crippen LogP) is 21.5. The van der Waals surface area contributed by atoms with Crippen LogP contribution in [0.25, 0.3) is 0 Å². The van der Waals surface area contributed by atoms with E-state index in [1.165, 1.54) is 38.5 Å². The first kappa shape index (κ1) is 92.7. The second-order valence-electron chi connectivity index (χ2n) is 24.7. The molecule has 0 fully saturated rings. The van der Waals surface area contributed by atoms with Crippen molar-refractivity contribution in [1.29, 1.82) is 0 Å². The lowest BCUT2D eigenvalue weighted by Crippen LogP contribution is -2.30. The minimum absolute atomic E-state index is 0.0892. The number of esters is 3. The van der Waals surface area contributed by atoms with E-state index in [2.05, 4.69) is 154 Å². The molecule has 0 saturated carbocycles. The van der Waals surface area contributed by atoms with E-state index >= 15 is 0 Å². The molecule has 556 valence electrons. The smallest absolute Gasteiger partial charge is 0.463 e. The Balaban J connectivity index is 4.66. The summed E-state index contributed by atoms with van der Waals surface area (Å²) in [5, 5.41) is 20.6. The number of carbonyl (C=O) groups is 3. The molecule has 0 bridgehead atoms. The quantitative estimate of drug-likeness (QED) is 0.0146. The molecule has 18 heteroatoms. The SMILES string of the molecule is CC/C=C\C/C=C\C/C=C\C/C=C\C/C=C\CCCCCCCCCC(=O)OCC(O)COP(=O)(O)OCC(O)COP(=O)(O)OCC(COC(=O)CCCCCCCCC/C=C\C/C=C\C/C=C\C/C=C\C/C=C\CC)OC(=O)CCCCCCC/C=C\CCCCCCCC. The van der Waals surface area contributed by atoms with E-state index in [9.17, 15) is 43.5 Å². The Morgan fingerprint density at radius 3 is 0.876 bits per heavy atom. The summed E-state index contributed by atoms with van der Waals surface area (Å²) >= 11 is 0. The zero-order valence-corrected chi connectivity index (χ0v) is 62.2. The standard InChI is InChI=1S/C79H134O16P2/c1-4-7-10-13-16-19-22-25-28-30-32-34-36-38-40-42-45-47-50-53-56-59-62-65-77(82)89-68-74(80)69-91-96(85,86)92-70-75(81)71-93-97(87,88)94-73-76(95-79(84)67-64-61-58-55-52-49-44-27-24-21-18-15-12-9-6-3)72-90-78(83)66-63-60-57-54-51-48-46-43-41-39-37-35-33-31-29-26-23-20-17-14-11-8-5-2/h7-8,10-11,16-17,19-20,25-29,32-35,38-41,44,74-76,80-81H,4-6,9,12-15,18,21-24,30-31,36-37,42-43,45-73H2,1-3H3,(H,85,86)(H,87,88)/b10-7-,11-8-,19-16-,20-17-,28-25-,29-26-,34-32-,35-33-,40-38-,41-39-,44-27-. The van der Waals surface area contributed by atoms with Gasteiger partial charge in [0.25, 0.3) is 0 Å². The summed E-state index contributed by atoms with van der Waals surface area (Å²) in [6.45, 7) is 2.41. The summed E-state index contributed by atoms with van der Waals surface area (Å²) in [5.41, 5.74) is 0. The second kappa shape index (κ2) is 71.5. The number of unbranched alkanes of at least 4 members (excludes halogenated alkanes) is 25. The van der Waals surface area contributed by atoms with E-state index in [4.69, 9.17) is 32.3 Å². The van der Waals surface area contributed by atoms with Crippen molar-refractivity contribution in [2.75, 3.05) is 39.6 Å². The third-order valence-corrected chi connectivity index (χ3v) is 17.2. The number of ether oxygens (including phenoxy) is 3. The van der Waals surface area contributed by atoms with E-state index < -0.39 is 91.5 Å². The van der Waals surface area contributed by atoms with Gasteiger partial charge in [-0.2, -0.15) is 0 Å². The number of phosphoric acid groups is 2. The summed E-state index contributed by atoms with van der Waals surface area (Å²) in [4.78, 5) is 58.6. The first-order chi connectivity index (χ1) is 47.2. The maximum absolute atomic E-state index is 13.0. The zero-order valence-electron chi connectivity index (χ0n) is 60.5. The van der Waals surface area contributed by atoms with Crippen LogP contribution in [-0.2, 0) is 55.8 Å². The fourth-order valence-corrected chi connectivity index (χ4v) is 11.3. The van der Waals surface area contributed by atoms with Crippen molar-refractivity contribution >= 4 is 33.6 Å². The third kappa shape index (κ3) is 72.8. The summed E-state index contributed by atoms with van der Waals surface area (Å²) < 4.78 is 61.1. The number of aliphatic hydroxyl groups is 2. The molecular formula is C79H134O16P2. The van der Waals surface area contributed by atoms with Crippen molar-refractivity contribution in [2.24, 2.45) is 0 Å². The molecule has 0 saturated heterocycles. The Morgan fingerprint density at radius 2 is 0.546 bits per heavy atom. The highest BCUT2D eigenvalue weighted by Crippen LogP contribution is 2.45. The van der Waals surface area contributed by atoms with E-state index in [1.807, 2.05) is 0 Å². The van der Waals surface area contributed by atoms with Crippen molar-refractivity contribution in [3.8, 4) is 0 Å². The van der Waals surface area contributed by atoms with Crippen LogP contribution in [0, 0.1) is 0 Å². The summed E-state index contributed by atoms with van der Waals surface area (Å²) in [6.07, 6.45) is 84.9. The molecule has 0 aromatic rings. The summed E-state index contributed by atoms with van der Waals surface area (Å²) in [5.74, 6) is -1.61. The van der Waals surface area contributed by atoms with Crippen molar-refractivity contribution in [1.82, 2.24) is 0 Å². The summed E-state index contributed by atoms with van der Waals surface area (Å²) in [7, 11) is -9.80. The lowest BCUT2D eigenvalue weighted by atomic mass is 10.1. The molecule has 0 aliphatic heterocycles. The highest BCUT2D eigenvalue weighted by atomic mass is 31.2. The van der Waals surface area contributed by atoms with Crippen molar-refractivity contribution < 1.29 is 75.8 Å². The Morgan fingerprint density at radius 1 is 0.299 bits per heavy atom. The van der Waals surface area contributed by atoms with E-state index in [-0.39, 0.29) is 19.3 Å². The molecule has 0 aromatic heterocycles. The molecule has 0 amide bonds. The molecule has 4 N–H and O–H groups in total. The molecule has 0 radical (unpaired) electrons. The van der Waals surface area contributed by atoms with Crippen LogP contribution < -0.4 is 0 Å². The van der Waals surface area contributed by atoms with Crippen LogP contribution in [0.1, 0.15) is 290 Å². The monoisotopic (exact) mass is 1400 g/mol. The van der Waals surface area contributed by atoms with E-state index in [1.54, 1.807) is 0 Å². The van der Waals surface area contributed by atoms with Gasteiger partial charge in [-0.3, -0.25) is 32.5 Å². The van der Waals surface area contributed by atoms with Crippen LogP contribution in [0.4, 0.5) is 0 Å². The number of aliphatic hydroxyl groups excluding tert-OH is 2. The van der Waals surface area contributed by atoms with Crippen LogP contribution >= 0.6 is 15.6 Å². The minimum atomic E-state index is -4.94. The normalized spacial score (nSPS) is 14.8. The third-order valence-electron chi connectivity index (χ3n) is 15.3. The molecule has 97 heavy (non-hydrogen) atoms. The first-order valence-corrected chi connectivity index (χ1v) is 40.5. The van der Waals surface area contributed by atoms with Crippen LogP contribution in [0.5, 0.6) is 0 Å². The molecule has 5 atom stereocenters. The average molecular weight is 1400 g/mol. The van der Waals surface area contributed by atoms with Gasteiger partial charge in [0.1, 0.15) is 25.4 Å². The lowest BCUT2D eigenvalue weighted by molar-refractivity contribution is -0.161. The Bertz CT molecular complexity index is 2300. The minimum Gasteiger partial charge on any atom is -0.463 e. The van der Waals surface area contributed by atoms with Crippen LogP contribution in [0.15, 0.2) is 134 Å². The number of allylic oxidation sites excluding steroid dienone is 22. The first-order valence-electron chi connectivity index (χ1n) is 37.5. The number of phosphoric ester groups is 2. The molecule has 0 aliphatic carbocycles. The number of rotatable bonds is 70. The average Bonchev–Trinajstić information content (AvgIpc) is 1.77. The van der Waals surface area contributed by atoms with Gasteiger partial charge in [-0.05, 0) is 135 Å².